The molecule has 3 rings (SSSR count). The van der Waals surface area contributed by atoms with Crippen LogP contribution >= 0.6 is 0 Å². The van der Waals surface area contributed by atoms with Crippen LogP contribution in [0.5, 0.6) is 0 Å². The zero-order valence-electron chi connectivity index (χ0n) is 19.2. The Morgan fingerprint density at radius 2 is 1.84 bits per heavy atom. The van der Waals surface area contributed by atoms with E-state index in [0.29, 0.717) is 36.8 Å². The molecule has 1 aromatic rings. The predicted molar refractivity (Wildman–Crippen MR) is 125 cm³/mol. The first-order valence-corrected chi connectivity index (χ1v) is 12.0. The Balaban J connectivity index is 1.72. The van der Waals surface area contributed by atoms with E-state index >= 15 is 0 Å². The molecule has 0 aromatic heterocycles. The molecule has 2 aliphatic rings. The molecule has 2 unspecified atom stereocenters. The number of hydrogen-bond acceptors (Lipinski definition) is 4. The van der Waals surface area contributed by atoms with Crippen LogP contribution in [-0.4, -0.2) is 30.2 Å². The highest BCUT2D eigenvalue weighted by Crippen LogP contribution is 2.31. The van der Waals surface area contributed by atoms with E-state index in [-0.39, 0.29) is 11.9 Å². The molecule has 1 aliphatic carbocycles. The number of nitrogens with zero attached hydrogens (tertiary/aromatic N) is 1. The molecular weight excluding hydrogens is 406 g/mol. The van der Waals surface area contributed by atoms with Gasteiger partial charge >= 0.3 is 12.0 Å². The Hall–Kier alpha value is -2.70. The number of amides is 3. The van der Waals surface area contributed by atoms with Crippen molar-refractivity contribution >= 4 is 29.3 Å². The lowest BCUT2D eigenvalue weighted by Crippen LogP contribution is -2.45. The summed E-state index contributed by atoms with van der Waals surface area (Å²) < 4.78 is 5.73. The molecule has 0 radical (unpaired) electrons. The second-order valence-electron chi connectivity index (χ2n) is 8.77. The van der Waals surface area contributed by atoms with E-state index in [9.17, 15) is 14.4 Å². The lowest BCUT2D eigenvalue weighted by Gasteiger charge is -2.31. The van der Waals surface area contributed by atoms with Gasteiger partial charge in [-0.3, -0.25) is 9.59 Å². The minimum Gasteiger partial charge on any atom is -0.465 e. The molecule has 0 saturated heterocycles. The van der Waals surface area contributed by atoms with Crippen LogP contribution in [0.1, 0.15) is 83.2 Å². The lowest BCUT2D eigenvalue weighted by atomic mass is 9.86. The number of hydrogen-bond donors (Lipinski definition) is 2. The van der Waals surface area contributed by atoms with Gasteiger partial charge in [0.25, 0.3) is 0 Å². The normalized spacial score (nSPS) is 21.4. The first-order valence-electron chi connectivity index (χ1n) is 12.0. The van der Waals surface area contributed by atoms with Gasteiger partial charge in [-0.15, -0.1) is 0 Å². The van der Waals surface area contributed by atoms with Crippen LogP contribution in [0.3, 0.4) is 0 Å². The van der Waals surface area contributed by atoms with E-state index < -0.39 is 18.0 Å². The third-order valence-electron chi connectivity index (χ3n) is 6.33. The first kappa shape index (κ1) is 24.0. The van der Waals surface area contributed by atoms with Gasteiger partial charge in [0.1, 0.15) is 5.92 Å². The molecule has 1 heterocycles. The smallest absolute Gasteiger partial charge is 0.341 e. The van der Waals surface area contributed by atoms with Crippen LogP contribution in [0.2, 0.25) is 0 Å². The maximum Gasteiger partial charge on any atom is 0.341 e. The fraction of sp³-hybridized carbons (Fsp3) is 0.600. The van der Waals surface area contributed by atoms with E-state index in [1.807, 2.05) is 26.0 Å². The van der Waals surface area contributed by atoms with Crippen molar-refractivity contribution in [1.82, 2.24) is 5.32 Å². The van der Waals surface area contributed by atoms with Crippen molar-refractivity contribution < 1.29 is 19.1 Å². The van der Waals surface area contributed by atoms with E-state index in [1.54, 1.807) is 12.1 Å². The molecule has 3 amide bonds. The number of anilines is 1. The minimum atomic E-state index is -0.647. The van der Waals surface area contributed by atoms with Gasteiger partial charge in [0.05, 0.1) is 12.6 Å². The summed E-state index contributed by atoms with van der Waals surface area (Å²) in [6.45, 7) is 4.37. The number of ether oxygens (including phenoxy) is 1. The van der Waals surface area contributed by atoms with E-state index in [2.05, 4.69) is 15.6 Å². The van der Waals surface area contributed by atoms with Crippen molar-refractivity contribution in [2.75, 3.05) is 11.9 Å². The summed E-state index contributed by atoms with van der Waals surface area (Å²) in [6, 6.07) is 6.28. The molecule has 0 bridgehead atoms. The average Bonchev–Trinajstić information content (AvgIpc) is 2.81. The highest BCUT2D eigenvalue weighted by molar-refractivity contribution is 6.09. The number of esters is 1. The molecule has 0 spiro atoms. The van der Waals surface area contributed by atoms with Crippen LogP contribution in [-0.2, 0) is 14.3 Å². The number of benzene rings is 1. The minimum absolute atomic E-state index is 0.0184. The monoisotopic (exact) mass is 441 g/mol. The first-order chi connectivity index (χ1) is 15.5. The van der Waals surface area contributed by atoms with Crippen LogP contribution in [0, 0.1) is 11.8 Å². The maximum absolute atomic E-state index is 13.1. The Morgan fingerprint density at radius 3 is 2.50 bits per heavy atom. The van der Waals surface area contributed by atoms with Gasteiger partial charge in [-0.05, 0) is 49.3 Å². The number of unbranched alkanes of at least 4 members (excludes halogenated alkanes) is 1. The Labute approximate surface area is 190 Å². The highest BCUT2D eigenvalue weighted by atomic mass is 16.5. The number of nitrogens with one attached hydrogen (secondary N) is 2. The lowest BCUT2D eigenvalue weighted by molar-refractivity contribution is -0.148. The van der Waals surface area contributed by atoms with Gasteiger partial charge in [0.2, 0.25) is 5.91 Å². The topological polar surface area (TPSA) is 96.9 Å². The van der Waals surface area contributed by atoms with Gasteiger partial charge in [0.15, 0.2) is 0 Å². The van der Waals surface area contributed by atoms with Crippen molar-refractivity contribution in [3.05, 3.63) is 29.8 Å². The average molecular weight is 442 g/mol. The van der Waals surface area contributed by atoms with Crippen LogP contribution < -0.4 is 10.6 Å². The van der Waals surface area contributed by atoms with Gasteiger partial charge < -0.3 is 15.4 Å². The van der Waals surface area contributed by atoms with Crippen LogP contribution in [0.15, 0.2) is 29.3 Å². The quantitative estimate of drug-likeness (QED) is 0.517. The summed E-state index contributed by atoms with van der Waals surface area (Å²) in [5, 5.41) is 5.72. The molecule has 2 N–H and O–H groups in total. The van der Waals surface area contributed by atoms with Crippen molar-refractivity contribution in [3.8, 4) is 0 Å². The number of carbonyl (C=O) groups is 3. The Bertz CT molecular complexity index is 828. The standard InChI is InChI=1S/C25H35N3O4/c1-3-5-11-21(29)26-19-14-12-18(13-15-19)23-22(20(4-2)27-25(31)28-23)24(30)32-16-17-9-7-6-8-10-17/h12-15,17,22-23H,3-11,16H2,1-2H3,(H,26,29)(H,28,31). The predicted octanol–water partition coefficient (Wildman–Crippen LogP) is 5.17. The van der Waals surface area contributed by atoms with Crippen molar-refractivity contribution in [2.45, 2.75) is 77.7 Å². The van der Waals surface area contributed by atoms with Gasteiger partial charge in [-0.2, -0.15) is 0 Å². The largest absolute Gasteiger partial charge is 0.465 e. The third kappa shape index (κ3) is 6.40. The van der Waals surface area contributed by atoms with Gasteiger partial charge in [0, 0.05) is 17.8 Å². The van der Waals surface area contributed by atoms with Gasteiger partial charge in [-0.25, -0.2) is 9.79 Å². The zero-order valence-corrected chi connectivity index (χ0v) is 19.2. The number of aliphatic imine (C=N–C) groups is 1. The molecule has 2 atom stereocenters. The van der Waals surface area contributed by atoms with E-state index in [1.165, 1.54) is 19.3 Å². The second-order valence-corrected chi connectivity index (χ2v) is 8.77. The van der Waals surface area contributed by atoms with E-state index in [4.69, 9.17) is 4.74 Å². The number of urea groups is 1. The fourth-order valence-corrected chi connectivity index (χ4v) is 4.47. The SMILES string of the molecule is CCCCC(=O)Nc1ccc(C2NC(=O)N=C(CC)C2C(=O)OCC2CCCCC2)cc1. The molecule has 1 aromatic carbocycles. The second kappa shape index (κ2) is 11.8. The summed E-state index contributed by atoms with van der Waals surface area (Å²) in [7, 11) is 0. The summed E-state index contributed by atoms with van der Waals surface area (Å²) in [6.07, 6.45) is 8.62. The molecule has 7 heteroatoms. The molecular formula is C25H35N3O4. The zero-order chi connectivity index (χ0) is 22.9. The van der Waals surface area contributed by atoms with Crippen molar-refractivity contribution in [3.63, 3.8) is 0 Å². The Kier molecular flexibility index (Phi) is 8.82. The molecule has 32 heavy (non-hydrogen) atoms. The summed E-state index contributed by atoms with van der Waals surface area (Å²) in [4.78, 5) is 41.3. The Morgan fingerprint density at radius 1 is 1.12 bits per heavy atom. The van der Waals surface area contributed by atoms with Crippen LogP contribution in [0.25, 0.3) is 0 Å². The third-order valence-corrected chi connectivity index (χ3v) is 6.33. The van der Waals surface area contributed by atoms with Gasteiger partial charge in [-0.1, -0.05) is 51.7 Å². The van der Waals surface area contributed by atoms with Crippen LogP contribution in [0.4, 0.5) is 10.5 Å². The number of carbonyl (C=O) groups excluding carboxylic acids is 3. The molecule has 174 valence electrons. The molecule has 7 nitrogen and oxygen atoms in total. The van der Waals surface area contributed by atoms with Crippen molar-refractivity contribution in [2.24, 2.45) is 16.8 Å². The molecule has 1 saturated carbocycles. The highest BCUT2D eigenvalue weighted by Gasteiger charge is 2.39. The number of rotatable bonds is 9. The summed E-state index contributed by atoms with van der Waals surface area (Å²) in [5.74, 6) is -0.582. The molecule has 1 aliphatic heterocycles. The maximum atomic E-state index is 13.1. The summed E-state index contributed by atoms with van der Waals surface area (Å²) in [5.41, 5.74) is 2.02. The molecule has 1 fully saturated rings. The van der Waals surface area contributed by atoms with Crippen molar-refractivity contribution in [1.29, 1.82) is 0 Å². The fourth-order valence-electron chi connectivity index (χ4n) is 4.47. The summed E-state index contributed by atoms with van der Waals surface area (Å²) >= 11 is 0. The van der Waals surface area contributed by atoms with E-state index in [0.717, 1.165) is 31.2 Å².